The van der Waals surface area contributed by atoms with Crippen molar-refractivity contribution in [3.8, 4) is 0 Å². The van der Waals surface area contributed by atoms with Crippen molar-refractivity contribution in [1.82, 2.24) is 0 Å². The van der Waals surface area contributed by atoms with Gasteiger partial charge in [-0.3, -0.25) is 0 Å². The van der Waals surface area contributed by atoms with Gasteiger partial charge >= 0.3 is 0 Å². The van der Waals surface area contributed by atoms with Crippen molar-refractivity contribution < 1.29 is 5.11 Å². The van der Waals surface area contributed by atoms with Crippen molar-refractivity contribution in [2.75, 3.05) is 0 Å². The van der Waals surface area contributed by atoms with Crippen molar-refractivity contribution >= 4 is 0 Å². The summed E-state index contributed by atoms with van der Waals surface area (Å²) in [5, 5.41) is 8.57. The van der Waals surface area contributed by atoms with Gasteiger partial charge in [0.2, 0.25) is 0 Å². The highest BCUT2D eigenvalue weighted by atomic mass is 16.3. The zero-order valence-corrected chi connectivity index (χ0v) is 7.72. The normalized spacial score (nSPS) is 8.64. The van der Waals surface area contributed by atoms with E-state index < -0.39 is 0 Å². The molecule has 0 spiro atoms. The van der Waals surface area contributed by atoms with Gasteiger partial charge in [-0.1, -0.05) is 45.6 Å². The minimum atomic E-state index is 0.0737. The third-order valence-electron chi connectivity index (χ3n) is 0.966. The van der Waals surface area contributed by atoms with E-state index in [0.29, 0.717) is 0 Å². The summed E-state index contributed by atoms with van der Waals surface area (Å²) < 4.78 is 0. The predicted octanol–water partition coefficient (Wildman–Crippen LogP) is 3.61. The van der Waals surface area contributed by atoms with Crippen molar-refractivity contribution in [2.24, 2.45) is 0 Å². The van der Waals surface area contributed by atoms with Crippen LogP contribution in [0.25, 0.3) is 0 Å². The first-order valence-corrected chi connectivity index (χ1v) is 3.90. The number of hydrogen-bond acceptors (Lipinski definition) is 1. The Morgan fingerprint density at radius 1 is 1.27 bits per heavy atom. The highest BCUT2D eigenvalue weighted by molar-refractivity contribution is 5.19. The molecule has 0 aromatic rings. The maximum absolute atomic E-state index is 8.57. The Morgan fingerprint density at radius 2 is 1.73 bits per heavy atom. The maximum Gasteiger partial charge on any atom is 0.108 e. The highest BCUT2D eigenvalue weighted by Gasteiger charge is 1.80. The Morgan fingerprint density at radius 3 is 2.00 bits per heavy atom. The molecule has 0 aliphatic heterocycles. The molecule has 0 fully saturated rings. The Hall–Kier alpha value is -0.980. The minimum Gasteiger partial charge on any atom is -0.509 e. The van der Waals surface area contributed by atoms with Crippen molar-refractivity contribution in [1.29, 1.82) is 0 Å². The van der Waals surface area contributed by atoms with Gasteiger partial charge in [-0.25, -0.2) is 0 Å². The fraction of sp³-hybridized carbons (Fsp3) is 0.400. The van der Waals surface area contributed by atoms with E-state index in [2.05, 4.69) is 13.2 Å². The Balaban J connectivity index is 0. The first-order chi connectivity index (χ1) is 5.16. The van der Waals surface area contributed by atoms with Crippen LogP contribution in [0.2, 0.25) is 0 Å². The Bertz CT molecular complexity index is 143. The molecular weight excluding hydrogens is 136 g/mol. The van der Waals surface area contributed by atoms with Gasteiger partial charge in [0, 0.05) is 0 Å². The molecule has 0 rings (SSSR count). The van der Waals surface area contributed by atoms with E-state index in [9.17, 15) is 0 Å². The van der Waals surface area contributed by atoms with E-state index in [0.717, 1.165) is 12.0 Å². The van der Waals surface area contributed by atoms with E-state index >= 15 is 0 Å². The third kappa shape index (κ3) is 12.3. The van der Waals surface area contributed by atoms with Gasteiger partial charge in [0.15, 0.2) is 0 Å². The van der Waals surface area contributed by atoms with Gasteiger partial charge in [-0.05, 0) is 12.5 Å². The molecular formula is C10H18O. The van der Waals surface area contributed by atoms with Crippen LogP contribution in [-0.4, -0.2) is 5.11 Å². The summed E-state index contributed by atoms with van der Waals surface area (Å²) in [7, 11) is 0. The predicted molar refractivity (Wildman–Crippen MR) is 51.7 cm³/mol. The molecule has 0 aromatic heterocycles. The lowest BCUT2D eigenvalue weighted by molar-refractivity contribution is 0.435. The van der Waals surface area contributed by atoms with Gasteiger partial charge in [0.05, 0.1) is 0 Å². The molecule has 1 heteroatoms. The van der Waals surface area contributed by atoms with Gasteiger partial charge < -0.3 is 5.11 Å². The van der Waals surface area contributed by atoms with E-state index in [1.165, 1.54) is 6.08 Å². The molecule has 0 saturated carbocycles. The SMILES string of the molecule is C=C(O)/C=C\C(=C)CC.CC. The summed E-state index contributed by atoms with van der Waals surface area (Å²) in [5.41, 5.74) is 0.991. The molecule has 0 aliphatic rings. The van der Waals surface area contributed by atoms with Gasteiger partial charge in [0.1, 0.15) is 5.76 Å². The molecule has 1 nitrogen and oxygen atoms in total. The molecule has 0 bridgehead atoms. The van der Waals surface area contributed by atoms with Gasteiger partial charge in [0.25, 0.3) is 0 Å². The molecule has 0 aromatic carbocycles. The van der Waals surface area contributed by atoms with Crippen LogP contribution in [0, 0.1) is 0 Å². The second kappa shape index (κ2) is 9.02. The number of hydrogen-bond donors (Lipinski definition) is 1. The number of aliphatic hydroxyl groups excluding tert-OH is 1. The number of allylic oxidation sites excluding steroid dienone is 3. The summed E-state index contributed by atoms with van der Waals surface area (Å²) >= 11 is 0. The molecule has 0 radical (unpaired) electrons. The first kappa shape index (κ1) is 12.7. The van der Waals surface area contributed by atoms with Crippen LogP contribution in [0.1, 0.15) is 27.2 Å². The highest BCUT2D eigenvalue weighted by Crippen LogP contribution is 1.99. The molecule has 1 N–H and O–H groups in total. The molecule has 0 unspecified atom stereocenters. The van der Waals surface area contributed by atoms with Crippen LogP contribution >= 0.6 is 0 Å². The van der Waals surface area contributed by atoms with Crippen molar-refractivity contribution in [3.63, 3.8) is 0 Å². The third-order valence-corrected chi connectivity index (χ3v) is 0.966. The summed E-state index contributed by atoms with van der Waals surface area (Å²) in [6.45, 7) is 13.0. The topological polar surface area (TPSA) is 20.2 Å². The zero-order chi connectivity index (χ0) is 9.28. The fourth-order valence-corrected chi connectivity index (χ4v) is 0.332. The average Bonchev–Trinajstić information content (AvgIpc) is 2.04. The van der Waals surface area contributed by atoms with E-state index in [-0.39, 0.29) is 5.76 Å². The lowest BCUT2D eigenvalue weighted by Crippen LogP contribution is -1.71. The summed E-state index contributed by atoms with van der Waals surface area (Å²) in [5.74, 6) is 0.0737. The lowest BCUT2D eigenvalue weighted by Gasteiger charge is -1.89. The van der Waals surface area contributed by atoms with Crippen LogP contribution in [0.3, 0.4) is 0 Å². The quantitative estimate of drug-likeness (QED) is 0.486. The summed E-state index contributed by atoms with van der Waals surface area (Å²) in [4.78, 5) is 0. The average molecular weight is 154 g/mol. The molecule has 0 atom stereocenters. The van der Waals surface area contributed by atoms with E-state index in [1.54, 1.807) is 6.08 Å². The van der Waals surface area contributed by atoms with Crippen LogP contribution in [-0.2, 0) is 0 Å². The summed E-state index contributed by atoms with van der Waals surface area (Å²) in [6.07, 6.45) is 4.19. The van der Waals surface area contributed by atoms with Crippen molar-refractivity contribution in [3.05, 3.63) is 36.6 Å². The lowest BCUT2D eigenvalue weighted by atomic mass is 10.2. The van der Waals surface area contributed by atoms with Crippen molar-refractivity contribution in [2.45, 2.75) is 27.2 Å². The van der Waals surface area contributed by atoms with Gasteiger partial charge in [-0.2, -0.15) is 0 Å². The molecule has 0 amide bonds. The standard InChI is InChI=1S/C8H12O.C2H6/c1-4-7(2)5-6-8(3)9;1-2/h5-6,9H,2-4H2,1H3;1-2H3/b6-5-;. The van der Waals surface area contributed by atoms with Crippen LogP contribution in [0.5, 0.6) is 0 Å². The Labute approximate surface area is 69.8 Å². The number of aliphatic hydroxyl groups is 1. The van der Waals surface area contributed by atoms with Crippen LogP contribution in [0.15, 0.2) is 36.6 Å². The molecule has 64 valence electrons. The molecule has 0 saturated heterocycles. The minimum absolute atomic E-state index is 0.0737. The monoisotopic (exact) mass is 154 g/mol. The van der Waals surface area contributed by atoms with Crippen LogP contribution < -0.4 is 0 Å². The van der Waals surface area contributed by atoms with Crippen LogP contribution in [0.4, 0.5) is 0 Å². The molecule has 0 aliphatic carbocycles. The van der Waals surface area contributed by atoms with E-state index in [4.69, 9.17) is 5.11 Å². The summed E-state index contributed by atoms with van der Waals surface area (Å²) in [6, 6.07) is 0. The first-order valence-electron chi connectivity index (χ1n) is 3.90. The Kier molecular flexibility index (Phi) is 10.4. The van der Waals surface area contributed by atoms with E-state index in [1.807, 2.05) is 20.8 Å². The largest absolute Gasteiger partial charge is 0.509 e. The fourth-order valence-electron chi connectivity index (χ4n) is 0.332. The molecule has 0 heterocycles. The zero-order valence-electron chi connectivity index (χ0n) is 7.72. The second-order valence-electron chi connectivity index (χ2n) is 1.84. The van der Waals surface area contributed by atoms with Gasteiger partial charge in [-0.15, -0.1) is 0 Å². The number of rotatable bonds is 3. The maximum atomic E-state index is 8.57. The second-order valence-corrected chi connectivity index (χ2v) is 1.84. The smallest absolute Gasteiger partial charge is 0.108 e. The molecule has 11 heavy (non-hydrogen) atoms.